The van der Waals surface area contributed by atoms with Crippen molar-refractivity contribution in [3.05, 3.63) is 71.3 Å². The second-order valence-electron chi connectivity index (χ2n) is 5.95. The van der Waals surface area contributed by atoms with E-state index in [0.717, 1.165) is 11.1 Å². The van der Waals surface area contributed by atoms with Gasteiger partial charge in [0.2, 0.25) is 5.91 Å². The molecule has 0 radical (unpaired) electrons. The second kappa shape index (κ2) is 9.59. The topological polar surface area (TPSA) is 67.4 Å². The van der Waals surface area contributed by atoms with E-state index in [1.165, 1.54) is 0 Å². The molecule has 2 rings (SSSR count). The van der Waals surface area contributed by atoms with Gasteiger partial charge in [-0.15, -0.1) is 0 Å². The Hall–Kier alpha value is -2.66. The van der Waals surface area contributed by atoms with Crippen LogP contribution in [0.3, 0.4) is 0 Å². The minimum absolute atomic E-state index is 0.0572. The van der Waals surface area contributed by atoms with Crippen molar-refractivity contribution in [1.29, 1.82) is 0 Å². The molecule has 0 atom stereocenters. The van der Waals surface area contributed by atoms with Crippen LogP contribution in [0.25, 0.3) is 0 Å². The smallest absolute Gasteiger partial charge is 0.251 e. The maximum absolute atomic E-state index is 12.0. The molecule has 0 aliphatic carbocycles. The first-order valence-electron chi connectivity index (χ1n) is 8.34. The fourth-order valence-electron chi connectivity index (χ4n) is 2.24. The van der Waals surface area contributed by atoms with Crippen molar-refractivity contribution < 1.29 is 14.3 Å². The SMILES string of the molecule is CC(C)OCc1ccccc1CNC(=O)CNC(=O)c1ccccc1. The van der Waals surface area contributed by atoms with Crippen molar-refractivity contribution in [3.8, 4) is 0 Å². The zero-order valence-corrected chi connectivity index (χ0v) is 14.6. The van der Waals surface area contributed by atoms with E-state index in [9.17, 15) is 9.59 Å². The Morgan fingerprint density at radius 3 is 2.24 bits per heavy atom. The summed E-state index contributed by atoms with van der Waals surface area (Å²) in [5.74, 6) is -0.495. The van der Waals surface area contributed by atoms with Crippen LogP contribution in [0.2, 0.25) is 0 Å². The highest BCUT2D eigenvalue weighted by Crippen LogP contribution is 2.11. The van der Waals surface area contributed by atoms with Crippen LogP contribution < -0.4 is 10.6 Å². The maximum atomic E-state index is 12.0. The van der Waals surface area contributed by atoms with E-state index in [-0.39, 0.29) is 24.5 Å². The van der Waals surface area contributed by atoms with Crippen LogP contribution in [0.1, 0.15) is 35.3 Å². The largest absolute Gasteiger partial charge is 0.374 e. The third kappa shape index (κ3) is 6.39. The molecule has 0 fully saturated rings. The molecule has 2 N–H and O–H groups in total. The average Bonchev–Trinajstić information content (AvgIpc) is 2.64. The zero-order chi connectivity index (χ0) is 18.1. The van der Waals surface area contributed by atoms with Crippen LogP contribution in [0.5, 0.6) is 0 Å². The van der Waals surface area contributed by atoms with Gasteiger partial charge in [0.05, 0.1) is 19.3 Å². The van der Waals surface area contributed by atoms with Crippen molar-refractivity contribution in [2.24, 2.45) is 0 Å². The highest BCUT2D eigenvalue weighted by Gasteiger charge is 2.09. The lowest BCUT2D eigenvalue weighted by Gasteiger charge is -2.13. The zero-order valence-electron chi connectivity index (χ0n) is 14.6. The second-order valence-corrected chi connectivity index (χ2v) is 5.95. The molecule has 132 valence electrons. The van der Waals surface area contributed by atoms with Gasteiger partial charge in [0, 0.05) is 12.1 Å². The summed E-state index contributed by atoms with van der Waals surface area (Å²) in [4.78, 5) is 23.9. The van der Waals surface area contributed by atoms with Crippen molar-refractivity contribution >= 4 is 11.8 Å². The van der Waals surface area contributed by atoms with Gasteiger partial charge in [-0.3, -0.25) is 9.59 Å². The maximum Gasteiger partial charge on any atom is 0.251 e. The van der Waals surface area contributed by atoms with Gasteiger partial charge in [0.15, 0.2) is 0 Å². The van der Waals surface area contributed by atoms with E-state index < -0.39 is 0 Å². The van der Waals surface area contributed by atoms with Crippen LogP contribution in [0.15, 0.2) is 54.6 Å². The number of ether oxygens (including phenoxy) is 1. The number of nitrogens with one attached hydrogen (secondary N) is 2. The predicted molar refractivity (Wildman–Crippen MR) is 97.0 cm³/mol. The van der Waals surface area contributed by atoms with Gasteiger partial charge in [-0.1, -0.05) is 42.5 Å². The Balaban J connectivity index is 1.81. The Kier molecular flexibility index (Phi) is 7.16. The summed E-state index contributed by atoms with van der Waals surface area (Å²) in [6.45, 7) is 4.82. The van der Waals surface area contributed by atoms with Crippen LogP contribution in [0, 0.1) is 0 Å². The molecule has 0 aromatic heterocycles. The summed E-state index contributed by atoms with van der Waals surface area (Å²) in [5.41, 5.74) is 2.59. The third-order valence-corrected chi connectivity index (χ3v) is 3.61. The Bertz CT molecular complexity index is 699. The first-order chi connectivity index (χ1) is 12.1. The van der Waals surface area contributed by atoms with Crippen LogP contribution >= 0.6 is 0 Å². The summed E-state index contributed by atoms with van der Waals surface area (Å²) >= 11 is 0. The molecule has 0 aliphatic heterocycles. The first-order valence-corrected chi connectivity index (χ1v) is 8.34. The monoisotopic (exact) mass is 340 g/mol. The number of hydrogen-bond acceptors (Lipinski definition) is 3. The molecule has 2 aromatic rings. The lowest BCUT2D eigenvalue weighted by molar-refractivity contribution is -0.120. The number of carbonyl (C=O) groups excluding carboxylic acids is 2. The molecule has 0 saturated carbocycles. The van der Waals surface area contributed by atoms with Gasteiger partial charge in [0.1, 0.15) is 0 Å². The molecule has 25 heavy (non-hydrogen) atoms. The van der Waals surface area contributed by atoms with Gasteiger partial charge in [0.25, 0.3) is 5.91 Å². The van der Waals surface area contributed by atoms with Crippen molar-refractivity contribution in [2.75, 3.05) is 6.54 Å². The lowest BCUT2D eigenvalue weighted by atomic mass is 10.1. The molecule has 0 aliphatic rings. The minimum Gasteiger partial charge on any atom is -0.374 e. The van der Waals surface area contributed by atoms with Crippen LogP contribution in [-0.4, -0.2) is 24.5 Å². The van der Waals surface area contributed by atoms with Crippen molar-refractivity contribution in [3.63, 3.8) is 0 Å². The Morgan fingerprint density at radius 2 is 1.56 bits per heavy atom. The van der Waals surface area contributed by atoms with Gasteiger partial charge < -0.3 is 15.4 Å². The fraction of sp³-hybridized carbons (Fsp3) is 0.300. The Morgan fingerprint density at radius 1 is 0.920 bits per heavy atom. The lowest BCUT2D eigenvalue weighted by Crippen LogP contribution is -2.36. The van der Waals surface area contributed by atoms with Gasteiger partial charge in [-0.05, 0) is 37.1 Å². The van der Waals surface area contributed by atoms with E-state index in [1.807, 2.05) is 44.2 Å². The molecule has 0 saturated heterocycles. The molecule has 0 unspecified atom stereocenters. The molecule has 0 heterocycles. The fourth-order valence-corrected chi connectivity index (χ4v) is 2.24. The van der Waals surface area contributed by atoms with E-state index in [2.05, 4.69) is 10.6 Å². The number of carbonyl (C=O) groups is 2. The molecule has 5 heteroatoms. The van der Waals surface area contributed by atoms with E-state index >= 15 is 0 Å². The molecule has 0 spiro atoms. The van der Waals surface area contributed by atoms with Crippen LogP contribution in [0.4, 0.5) is 0 Å². The van der Waals surface area contributed by atoms with Gasteiger partial charge >= 0.3 is 0 Å². The minimum atomic E-state index is -0.263. The summed E-state index contributed by atoms with van der Waals surface area (Å²) in [6, 6.07) is 16.6. The number of benzene rings is 2. The highest BCUT2D eigenvalue weighted by molar-refractivity contribution is 5.96. The van der Waals surface area contributed by atoms with Crippen LogP contribution in [-0.2, 0) is 22.7 Å². The number of amides is 2. The molecular weight excluding hydrogens is 316 g/mol. The van der Waals surface area contributed by atoms with E-state index in [0.29, 0.717) is 18.7 Å². The molecule has 2 amide bonds. The van der Waals surface area contributed by atoms with Gasteiger partial charge in [-0.25, -0.2) is 0 Å². The molecule has 0 bridgehead atoms. The predicted octanol–water partition coefficient (Wildman–Crippen LogP) is 2.66. The summed E-state index contributed by atoms with van der Waals surface area (Å²) in [5, 5.41) is 5.44. The Labute approximate surface area is 148 Å². The van der Waals surface area contributed by atoms with E-state index in [4.69, 9.17) is 4.74 Å². The van der Waals surface area contributed by atoms with Crippen molar-refractivity contribution in [1.82, 2.24) is 10.6 Å². The molecular formula is C20H24N2O3. The molecule has 2 aromatic carbocycles. The third-order valence-electron chi connectivity index (χ3n) is 3.61. The highest BCUT2D eigenvalue weighted by atomic mass is 16.5. The normalized spacial score (nSPS) is 10.5. The molecule has 5 nitrogen and oxygen atoms in total. The number of rotatable bonds is 8. The number of hydrogen-bond donors (Lipinski definition) is 2. The quantitative estimate of drug-likeness (QED) is 0.776. The van der Waals surface area contributed by atoms with E-state index in [1.54, 1.807) is 24.3 Å². The first kappa shape index (κ1) is 18.7. The summed E-state index contributed by atoms with van der Waals surface area (Å²) in [6.07, 6.45) is 0.149. The van der Waals surface area contributed by atoms with Crippen molar-refractivity contribution in [2.45, 2.75) is 33.1 Å². The summed E-state index contributed by atoms with van der Waals surface area (Å²) in [7, 11) is 0. The summed E-state index contributed by atoms with van der Waals surface area (Å²) < 4.78 is 5.63. The standard InChI is InChI=1S/C20H24N2O3/c1-15(2)25-14-18-11-7-6-10-17(18)12-21-19(23)13-22-20(24)16-8-4-3-5-9-16/h3-11,15H,12-14H2,1-2H3,(H,21,23)(H,22,24). The van der Waals surface area contributed by atoms with Gasteiger partial charge in [-0.2, -0.15) is 0 Å². The average molecular weight is 340 g/mol.